The van der Waals surface area contributed by atoms with Gasteiger partial charge in [0.25, 0.3) is 0 Å². The van der Waals surface area contributed by atoms with E-state index in [0.29, 0.717) is 12.4 Å². The van der Waals surface area contributed by atoms with Crippen molar-refractivity contribution in [1.29, 1.82) is 0 Å². The maximum atomic E-state index is 11.4. The number of rotatable bonds is 4. The Morgan fingerprint density at radius 2 is 2.17 bits per heavy atom. The molecule has 1 heterocycles. The van der Waals surface area contributed by atoms with Crippen LogP contribution in [0, 0.1) is 12.8 Å². The number of hydrogen-bond acceptors (Lipinski definition) is 3. The first kappa shape index (κ1) is 13.4. The molecule has 0 aliphatic carbocycles. The van der Waals surface area contributed by atoms with E-state index in [1.165, 1.54) is 5.56 Å². The molecule has 1 aliphatic heterocycles. The lowest BCUT2D eigenvalue weighted by atomic mass is 10.1. The van der Waals surface area contributed by atoms with Crippen LogP contribution in [0.5, 0.6) is 5.75 Å². The quantitative estimate of drug-likeness (QED) is 0.842. The van der Waals surface area contributed by atoms with Gasteiger partial charge in [-0.2, -0.15) is 0 Å². The lowest BCUT2D eigenvalue weighted by Crippen LogP contribution is -2.14. The van der Waals surface area contributed by atoms with Crippen LogP contribution in [0.2, 0.25) is 0 Å². The van der Waals surface area contributed by atoms with Gasteiger partial charge in [0.15, 0.2) is 9.84 Å². The summed E-state index contributed by atoms with van der Waals surface area (Å²) in [5, 5.41) is 0. The molecule has 1 aromatic rings. The highest BCUT2D eigenvalue weighted by Crippen LogP contribution is 2.26. The van der Waals surface area contributed by atoms with Crippen LogP contribution in [0.15, 0.2) is 18.2 Å². The standard InChI is InChI=1S/C14H20O3S/c1-3-13-6-4-5-11(2)14(13)17-9-12-7-8-18(15,16)10-12/h4-6,12H,3,7-10H2,1-2H3. The molecule has 0 saturated carbocycles. The topological polar surface area (TPSA) is 43.4 Å². The minimum atomic E-state index is -2.81. The second-order valence-corrected chi connectivity index (χ2v) is 7.23. The van der Waals surface area contributed by atoms with Crippen molar-refractivity contribution in [3.8, 4) is 5.75 Å². The van der Waals surface area contributed by atoms with Crippen molar-refractivity contribution in [3.63, 3.8) is 0 Å². The van der Waals surface area contributed by atoms with Crippen molar-refractivity contribution >= 4 is 9.84 Å². The summed E-state index contributed by atoms with van der Waals surface area (Å²) >= 11 is 0. The molecule has 1 saturated heterocycles. The highest BCUT2D eigenvalue weighted by atomic mass is 32.2. The number of sulfone groups is 1. The lowest BCUT2D eigenvalue weighted by Gasteiger charge is -2.15. The Kier molecular flexibility index (Phi) is 3.95. The molecule has 0 amide bonds. The molecule has 0 aromatic heterocycles. The van der Waals surface area contributed by atoms with Gasteiger partial charge < -0.3 is 4.74 Å². The summed E-state index contributed by atoms with van der Waals surface area (Å²) < 4.78 is 28.6. The first-order valence-electron chi connectivity index (χ1n) is 6.43. The second-order valence-electron chi connectivity index (χ2n) is 5.00. The molecule has 1 unspecified atom stereocenters. The summed E-state index contributed by atoms with van der Waals surface area (Å²) in [6.07, 6.45) is 1.66. The van der Waals surface area contributed by atoms with E-state index in [2.05, 4.69) is 13.0 Å². The third kappa shape index (κ3) is 3.05. The molecule has 3 nitrogen and oxygen atoms in total. The van der Waals surface area contributed by atoms with Crippen molar-refractivity contribution in [3.05, 3.63) is 29.3 Å². The van der Waals surface area contributed by atoms with E-state index in [-0.39, 0.29) is 11.7 Å². The van der Waals surface area contributed by atoms with E-state index < -0.39 is 9.84 Å². The summed E-state index contributed by atoms with van der Waals surface area (Å²) in [5.41, 5.74) is 2.31. The summed E-state index contributed by atoms with van der Waals surface area (Å²) in [7, 11) is -2.81. The molecule has 1 aromatic carbocycles. The fourth-order valence-corrected chi connectivity index (χ4v) is 4.24. The molecule has 2 rings (SSSR count). The summed E-state index contributed by atoms with van der Waals surface area (Å²) in [6, 6.07) is 6.12. The van der Waals surface area contributed by atoms with E-state index in [9.17, 15) is 8.42 Å². The minimum absolute atomic E-state index is 0.152. The Balaban J connectivity index is 2.03. The number of aryl methyl sites for hydroxylation is 2. The Morgan fingerprint density at radius 1 is 1.39 bits per heavy atom. The van der Waals surface area contributed by atoms with Crippen LogP contribution in [0.3, 0.4) is 0 Å². The van der Waals surface area contributed by atoms with Gasteiger partial charge in [-0.05, 0) is 30.9 Å². The zero-order chi connectivity index (χ0) is 13.2. The third-order valence-corrected chi connectivity index (χ3v) is 5.30. The number of hydrogen-bond donors (Lipinski definition) is 0. The fraction of sp³-hybridized carbons (Fsp3) is 0.571. The normalized spacial score (nSPS) is 22.0. The van der Waals surface area contributed by atoms with Crippen LogP contribution in [0.4, 0.5) is 0 Å². The maximum Gasteiger partial charge on any atom is 0.150 e. The Morgan fingerprint density at radius 3 is 2.78 bits per heavy atom. The van der Waals surface area contributed by atoms with Crippen LogP contribution >= 0.6 is 0 Å². The van der Waals surface area contributed by atoms with E-state index in [1.807, 2.05) is 19.1 Å². The molecule has 1 atom stereocenters. The second kappa shape index (κ2) is 5.31. The van der Waals surface area contributed by atoms with E-state index in [4.69, 9.17) is 4.74 Å². The molecular formula is C14H20O3S. The molecule has 0 radical (unpaired) electrons. The van der Waals surface area contributed by atoms with E-state index >= 15 is 0 Å². The Bertz CT molecular complexity index is 520. The van der Waals surface area contributed by atoms with Crippen molar-refractivity contribution < 1.29 is 13.2 Å². The number of para-hydroxylation sites is 1. The molecule has 4 heteroatoms. The average molecular weight is 268 g/mol. The predicted octanol–water partition coefficient (Wildman–Crippen LogP) is 2.37. The van der Waals surface area contributed by atoms with E-state index in [1.54, 1.807) is 0 Å². The van der Waals surface area contributed by atoms with Crippen LogP contribution in [-0.2, 0) is 16.3 Å². The van der Waals surface area contributed by atoms with Gasteiger partial charge in [-0.15, -0.1) is 0 Å². The van der Waals surface area contributed by atoms with Gasteiger partial charge >= 0.3 is 0 Å². The molecule has 18 heavy (non-hydrogen) atoms. The van der Waals surface area contributed by atoms with Crippen LogP contribution in [0.25, 0.3) is 0 Å². The monoisotopic (exact) mass is 268 g/mol. The van der Waals surface area contributed by atoms with Gasteiger partial charge in [0.1, 0.15) is 5.75 Å². The van der Waals surface area contributed by atoms with Gasteiger partial charge in [-0.3, -0.25) is 0 Å². The van der Waals surface area contributed by atoms with Crippen molar-refractivity contribution in [2.75, 3.05) is 18.1 Å². The zero-order valence-electron chi connectivity index (χ0n) is 11.0. The van der Waals surface area contributed by atoms with Gasteiger partial charge in [-0.1, -0.05) is 25.1 Å². The van der Waals surface area contributed by atoms with Crippen LogP contribution in [-0.4, -0.2) is 26.5 Å². The maximum absolute atomic E-state index is 11.4. The summed E-state index contributed by atoms with van der Waals surface area (Å²) in [5.74, 6) is 1.68. The van der Waals surface area contributed by atoms with Gasteiger partial charge in [0.05, 0.1) is 18.1 Å². The van der Waals surface area contributed by atoms with Crippen molar-refractivity contribution in [2.24, 2.45) is 5.92 Å². The van der Waals surface area contributed by atoms with E-state index in [0.717, 1.165) is 24.2 Å². The Hall–Kier alpha value is -1.03. The number of benzene rings is 1. The van der Waals surface area contributed by atoms with Gasteiger partial charge in [0.2, 0.25) is 0 Å². The van der Waals surface area contributed by atoms with Crippen molar-refractivity contribution in [2.45, 2.75) is 26.7 Å². The predicted molar refractivity (Wildman–Crippen MR) is 72.8 cm³/mol. The number of ether oxygens (including phenoxy) is 1. The zero-order valence-corrected chi connectivity index (χ0v) is 11.8. The molecule has 100 valence electrons. The third-order valence-electron chi connectivity index (χ3n) is 3.46. The SMILES string of the molecule is CCc1cccc(C)c1OCC1CCS(=O)(=O)C1. The molecule has 1 aliphatic rings. The first-order chi connectivity index (χ1) is 8.52. The smallest absolute Gasteiger partial charge is 0.150 e. The average Bonchev–Trinajstić information content (AvgIpc) is 2.67. The van der Waals surface area contributed by atoms with Gasteiger partial charge in [0, 0.05) is 5.92 Å². The van der Waals surface area contributed by atoms with Crippen molar-refractivity contribution in [1.82, 2.24) is 0 Å². The summed E-state index contributed by atoms with van der Waals surface area (Å²) in [4.78, 5) is 0. The van der Waals surface area contributed by atoms with Crippen LogP contribution < -0.4 is 4.74 Å². The van der Waals surface area contributed by atoms with Gasteiger partial charge in [-0.25, -0.2) is 8.42 Å². The molecule has 0 spiro atoms. The Labute approximate surface area is 109 Å². The fourth-order valence-electron chi connectivity index (χ4n) is 2.40. The molecular weight excluding hydrogens is 248 g/mol. The first-order valence-corrected chi connectivity index (χ1v) is 8.25. The largest absolute Gasteiger partial charge is 0.493 e. The molecule has 0 N–H and O–H groups in total. The lowest BCUT2D eigenvalue weighted by molar-refractivity contribution is 0.259. The molecule has 1 fully saturated rings. The highest BCUT2D eigenvalue weighted by Gasteiger charge is 2.28. The van der Waals surface area contributed by atoms with Crippen LogP contribution in [0.1, 0.15) is 24.5 Å². The summed E-state index contributed by atoms with van der Waals surface area (Å²) in [6.45, 7) is 4.64. The minimum Gasteiger partial charge on any atom is -0.493 e. The molecule has 0 bridgehead atoms. The highest BCUT2D eigenvalue weighted by molar-refractivity contribution is 7.91.